The molecule has 4 rings (SSSR count). The van der Waals surface area contributed by atoms with Gasteiger partial charge in [-0.05, 0) is 79.6 Å². The monoisotopic (exact) mass is 574 g/mol. The van der Waals surface area contributed by atoms with E-state index in [1.54, 1.807) is 25.4 Å². The smallest absolute Gasteiger partial charge is 0.254 e. The third-order valence-corrected chi connectivity index (χ3v) is 8.25. The number of benzene rings is 2. The number of ether oxygens (including phenoxy) is 2. The summed E-state index contributed by atoms with van der Waals surface area (Å²) in [6.45, 7) is 3.08. The zero-order chi connectivity index (χ0) is 29.7. The minimum Gasteiger partial charge on any atom is -0.493 e. The molecule has 0 atom stereocenters. The number of carbonyl (C=O) groups is 2. The van der Waals surface area contributed by atoms with E-state index in [0.717, 1.165) is 44.1 Å². The lowest BCUT2D eigenvalue weighted by Crippen LogP contribution is -2.48. The fraction of sp³-hybridized carbons (Fsp3) is 0.486. The van der Waals surface area contributed by atoms with Crippen LogP contribution >= 0.6 is 0 Å². The van der Waals surface area contributed by atoms with E-state index in [0.29, 0.717) is 42.3 Å². The van der Waals surface area contributed by atoms with Crippen molar-refractivity contribution in [2.45, 2.75) is 83.7 Å². The van der Waals surface area contributed by atoms with Crippen molar-refractivity contribution < 1.29 is 23.5 Å². The van der Waals surface area contributed by atoms with Crippen molar-refractivity contribution in [1.82, 2.24) is 9.80 Å². The van der Waals surface area contributed by atoms with Crippen LogP contribution in [0.25, 0.3) is 0 Å². The Morgan fingerprint density at radius 3 is 2.29 bits per heavy atom. The summed E-state index contributed by atoms with van der Waals surface area (Å²) in [5.41, 5.74) is 2.93. The molecule has 1 fully saturated rings. The molecule has 0 radical (unpaired) electrons. The molecule has 1 aromatic heterocycles. The fourth-order valence-electron chi connectivity index (χ4n) is 5.75. The lowest BCUT2D eigenvalue weighted by Gasteiger charge is -2.35. The molecule has 0 spiro atoms. The average Bonchev–Trinajstić information content (AvgIpc) is 3.55. The first-order chi connectivity index (χ1) is 20.5. The highest BCUT2D eigenvalue weighted by atomic mass is 16.5. The number of amides is 2. The molecule has 226 valence electrons. The Kier molecular flexibility index (Phi) is 11.9. The van der Waals surface area contributed by atoms with Gasteiger partial charge in [0.25, 0.3) is 5.91 Å². The van der Waals surface area contributed by atoms with E-state index >= 15 is 0 Å². The van der Waals surface area contributed by atoms with Crippen LogP contribution in [0, 0.1) is 0 Å². The number of unbranched alkanes of at least 4 members (excludes halogenated alkanes) is 2. The lowest BCUT2D eigenvalue weighted by molar-refractivity contribution is -0.133. The molecule has 0 bridgehead atoms. The summed E-state index contributed by atoms with van der Waals surface area (Å²) < 4.78 is 16.5. The molecule has 7 nitrogen and oxygen atoms in total. The lowest BCUT2D eigenvalue weighted by atomic mass is 9.93. The number of hydrogen-bond acceptors (Lipinski definition) is 5. The molecule has 3 aromatic rings. The molecule has 0 N–H and O–H groups in total. The first-order valence-electron chi connectivity index (χ1n) is 15.4. The van der Waals surface area contributed by atoms with Crippen LogP contribution in [-0.2, 0) is 24.2 Å². The number of hydrogen-bond donors (Lipinski definition) is 0. The van der Waals surface area contributed by atoms with Crippen molar-refractivity contribution in [1.29, 1.82) is 0 Å². The molecule has 1 heterocycles. The van der Waals surface area contributed by atoms with Gasteiger partial charge in [0.15, 0.2) is 11.5 Å². The van der Waals surface area contributed by atoms with Gasteiger partial charge in [-0.2, -0.15) is 0 Å². The first-order valence-corrected chi connectivity index (χ1v) is 15.4. The van der Waals surface area contributed by atoms with Crippen molar-refractivity contribution in [3.05, 3.63) is 83.3 Å². The van der Waals surface area contributed by atoms with Gasteiger partial charge in [-0.3, -0.25) is 9.59 Å². The second-order valence-electron chi connectivity index (χ2n) is 11.2. The second kappa shape index (κ2) is 16.0. The van der Waals surface area contributed by atoms with E-state index < -0.39 is 0 Å². The Hall–Kier alpha value is -3.74. The Balaban J connectivity index is 1.51. The van der Waals surface area contributed by atoms with Crippen LogP contribution in [0.3, 0.4) is 0 Å². The van der Waals surface area contributed by atoms with Crippen molar-refractivity contribution in [3.63, 3.8) is 0 Å². The van der Waals surface area contributed by atoms with E-state index in [4.69, 9.17) is 13.9 Å². The molecule has 1 saturated carbocycles. The number of rotatable bonds is 15. The summed E-state index contributed by atoms with van der Waals surface area (Å²) in [6, 6.07) is 17.6. The molecule has 7 heteroatoms. The van der Waals surface area contributed by atoms with Crippen LogP contribution in [-0.4, -0.2) is 55.0 Å². The van der Waals surface area contributed by atoms with Crippen molar-refractivity contribution in [3.8, 4) is 11.5 Å². The van der Waals surface area contributed by atoms with E-state index in [1.807, 2.05) is 47.4 Å². The first kappa shape index (κ1) is 31.2. The Morgan fingerprint density at radius 2 is 1.62 bits per heavy atom. The van der Waals surface area contributed by atoms with E-state index in [9.17, 15) is 9.59 Å². The van der Waals surface area contributed by atoms with E-state index in [2.05, 4.69) is 19.1 Å². The van der Waals surface area contributed by atoms with E-state index in [-0.39, 0.29) is 24.4 Å². The summed E-state index contributed by atoms with van der Waals surface area (Å²) in [5.74, 6) is 1.89. The van der Waals surface area contributed by atoms with Crippen LogP contribution in [0.15, 0.2) is 65.3 Å². The van der Waals surface area contributed by atoms with Gasteiger partial charge < -0.3 is 23.7 Å². The van der Waals surface area contributed by atoms with Gasteiger partial charge in [-0.1, -0.05) is 57.2 Å². The highest BCUT2D eigenvalue weighted by molar-refractivity contribution is 5.96. The SMILES string of the molecule is CCCCCc1ccc(C(=O)N(CC(=O)N(CCc2ccc(OC)c(OC)c2)Cc2ccco2)C2CCCCC2)cc1. The van der Waals surface area contributed by atoms with Gasteiger partial charge in [0, 0.05) is 18.2 Å². The average molecular weight is 575 g/mol. The number of nitrogens with zero attached hydrogens (tertiary/aromatic N) is 2. The molecule has 42 heavy (non-hydrogen) atoms. The minimum absolute atomic E-state index is 0.0500. The van der Waals surface area contributed by atoms with Gasteiger partial charge >= 0.3 is 0 Å². The number of carbonyl (C=O) groups excluding carboxylic acids is 2. The minimum atomic E-state index is -0.0815. The molecule has 0 saturated heterocycles. The van der Waals surface area contributed by atoms with Gasteiger partial charge in [0.1, 0.15) is 12.3 Å². The summed E-state index contributed by atoms with van der Waals surface area (Å²) in [4.78, 5) is 31.5. The Morgan fingerprint density at radius 1 is 0.881 bits per heavy atom. The molecule has 0 unspecified atom stereocenters. The molecular weight excluding hydrogens is 528 g/mol. The molecule has 0 aliphatic heterocycles. The highest BCUT2D eigenvalue weighted by Gasteiger charge is 2.30. The van der Waals surface area contributed by atoms with Crippen molar-refractivity contribution >= 4 is 11.8 Å². The van der Waals surface area contributed by atoms with Gasteiger partial charge in [0.2, 0.25) is 5.91 Å². The normalized spacial score (nSPS) is 13.5. The third kappa shape index (κ3) is 8.63. The quantitative estimate of drug-likeness (QED) is 0.182. The fourth-order valence-corrected chi connectivity index (χ4v) is 5.75. The van der Waals surface area contributed by atoms with Crippen LogP contribution in [0.2, 0.25) is 0 Å². The molecule has 2 aromatic carbocycles. The molecular formula is C35H46N2O5. The highest BCUT2D eigenvalue weighted by Crippen LogP contribution is 2.28. The molecule has 2 amide bonds. The Bertz CT molecular complexity index is 1250. The summed E-state index contributed by atoms with van der Waals surface area (Å²) in [6.07, 6.45) is 12.0. The van der Waals surface area contributed by atoms with Crippen molar-refractivity contribution in [2.24, 2.45) is 0 Å². The maximum Gasteiger partial charge on any atom is 0.254 e. The predicted molar refractivity (Wildman–Crippen MR) is 165 cm³/mol. The third-order valence-electron chi connectivity index (χ3n) is 8.25. The van der Waals surface area contributed by atoms with Crippen LogP contribution < -0.4 is 9.47 Å². The topological polar surface area (TPSA) is 72.2 Å². The van der Waals surface area contributed by atoms with Crippen molar-refractivity contribution in [2.75, 3.05) is 27.3 Å². The summed E-state index contributed by atoms with van der Waals surface area (Å²) in [5, 5.41) is 0. The van der Waals surface area contributed by atoms with Gasteiger partial charge in [-0.15, -0.1) is 0 Å². The zero-order valence-corrected chi connectivity index (χ0v) is 25.5. The van der Waals surface area contributed by atoms with E-state index in [1.165, 1.54) is 24.8 Å². The number of aryl methyl sites for hydroxylation is 1. The largest absolute Gasteiger partial charge is 0.493 e. The Labute approximate surface area is 250 Å². The maximum absolute atomic E-state index is 13.9. The zero-order valence-electron chi connectivity index (χ0n) is 25.5. The summed E-state index contributed by atoms with van der Waals surface area (Å²) in [7, 11) is 3.23. The van der Waals surface area contributed by atoms with Crippen LogP contribution in [0.1, 0.15) is 85.5 Å². The number of furan rings is 1. The van der Waals surface area contributed by atoms with Crippen LogP contribution in [0.5, 0.6) is 11.5 Å². The number of methoxy groups -OCH3 is 2. The second-order valence-corrected chi connectivity index (χ2v) is 11.2. The molecule has 1 aliphatic rings. The maximum atomic E-state index is 13.9. The van der Waals surface area contributed by atoms with Crippen LogP contribution in [0.4, 0.5) is 0 Å². The van der Waals surface area contributed by atoms with Gasteiger partial charge in [0.05, 0.1) is 27.0 Å². The molecule has 1 aliphatic carbocycles. The summed E-state index contributed by atoms with van der Waals surface area (Å²) >= 11 is 0. The predicted octanol–water partition coefficient (Wildman–Crippen LogP) is 7.08. The van der Waals surface area contributed by atoms with Gasteiger partial charge in [-0.25, -0.2) is 0 Å². The standard InChI is InChI=1S/C35H46N2O5/c1-4-5-7-11-27-15-18-29(19-16-27)35(39)37(30-12-8-6-9-13-30)26-34(38)36(25-31-14-10-23-42-31)22-21-28-17-20-32(40-2)33(24-28)41-3/h10,14-20,23-24,30H,4-9,11-13,21-22,25-26H2,1-3H3.